The van der Waals surface area contributed by atoms with Gasteiger partial charge in [0.1, 0.15) is 23.2 Å². The minimum Gasteiger partial charge on any atom is -0.497 e. The molecule has 0 radical (unpaired) electrons. The summed E-state index contributed by atoms with van der Waals surface area (Å²) in [5, 5.41) is -1.44. The molecule has 2 saturated carbocycles. The molecule has 262 valence electrons. The van der Waals surface area contributed by atoms with Crippen LogP contribution in [0.1, 0.15) is 66.4 Å². The Bertz CT molecular complexity index is 1600. The number of carbonyl (C=O) groups excluding carboxylic acids is 2. The minimum absolute atomic E-state index is 0.0527. The molecule has 1 heterocycles. The van der Waals surface area contributed by atoms with E-state index in [1.807, 2.05) is 38.1 Å². The Morgan fingerprint density at radius 3 is 2.21 bits per heavy atom. The third-order valence-electron chi connectivity index (χ3n) is 10.8. The van der Waals surface area contributed by atoms with Gasteiger partial charge >= 0.3 is 11.9 Å². The predicted molar refractivity (Wildman–Crippen MR) is 178 cm³/mol. The molecule has 0 amide bonds. The van der Waals surface area contributed by atoms with E-state index in [0.717, 1.165) is 5.56 Å². The molecule has 0 aromatic heterocycles. The smallest absolute Gasteiger partial charge is 0.303 e. The fourth-order valence-corrected chi connectivity index (χ4v) is 11.2. The lowest BCUT2D eigenvalue weighted by Gasteiger charge is -2.52. The molecule has 3 fully saturated rings. The Hall–Kier alpha value is -3.25. The number of methoxy groups -OCH3 is 1. The molecular formula is C37H48O10S. The summed E-state index contributed by atoms with van der Waals surface area (Å²) in [6.45, 7) is 14.1. The van der Waals surface area contributed by atoms with Crippen LogP contribution in [0.2, 0.25) is 0 Å². The second-order valence-corrected chi connectivity index (χ2v) is 16.3. The largest absolute Gasteiger partial charge is 0.497 e. The first-order valence-electron chi connectivity index (χ1n) is 16.4. The topological polar surface area (TPSA) is 124 Å². The molecule has 3 aliphatic rings. The molecule has 2 aromatic rings. The zero-order chi connectivity index (χ0) is 35.1. The number of carbonyl (C=O) groups is 2. The number of hydrogen-bond acceptors (Lipinski definition) is 10. The van der Waals surface area contributed by atoms with Gasteiger partial charge in [-0.05, 0) is 74.3 Å². The zero-order valence-electron chi connectivity index (χ0n) is 28.9. The van der Waals surface area contributed by atoms with Gasteiger partial charge in [0, 0.05) is 19.3 Å². The van der Waals surface area contributed by atoms with Crippen molar-refractivity contribution in [3.8, 4) is 5.75 Å². The Balaban J connectivity index is 1.74. The highest BCUT2D eigenvalue weighted by Gasteiger charge is 2.75. The molecule has 10 nitrogen and oxygen atoms in total. The van der Waals surface area contributed by atoms with Gasteiger partial charge in [0.05, 0.1) is 25.2 Å². The second-order valence-electron chi connectivity index (χ2n) is 14.2. The van der Waals surface area contributed by atoms with Gasteiger partial charge in [-0.15, -0.1) is 6.58 Å². The van der Waals surface area contributed by atoms with Gasteiger partial charge < -0.3 is 28.4 Å². The van der Waals surface area contributed by atoms with Gasteiger partial charge in [0.2, 0.25) is 0 Å². The summed E-state index contributed by atoms with van der Waals surface area (Å²) in [7, 11) is -2.77. The average molecular weight is 685 g/mol. The first kappa shape index (κ1) is 36.0. The van der Waals surface area contributed by atoms with E-state index in [1.54, 1.807) is 39.2 Å². The predicted octanol–water partition coefficient (Wildman–Crippen LogP) is 5.82. The van der Waals surface area contributed by atoms with Gasteiger partial charge in [-0.25, -0.2) is 8.42 Å². The van der Waals surface area contributed by atoms with Crippen LogP contribution in [-0.2, 0) is 49.7 Å². The van der Waals surface area contributed by atoms with Crippen molar-refractivity contribution in [1.82, 2.24) is 0 Å². The fraction of sp³-hybridized carbons (Fsp3) is 0.568. The standard InChI is InChI=1S/C37H48O10S/c1-9-30(43-22-26-15-17-28(42-8)18-16-26)37(23-44-35(6,7)47-37)32(46-25(3)39)33(48(40,41)29-13-11-10-12-14-29)36-20-19-27(34(36,4)5)21-31(36)45-24(2)38/h9-18,27,30-33H,1,19-23H2,2-8H3/t27-,30+,31+,32-,33+,36+,37-/m0/s1. The third kappa shape index (κ3) is 6.19. The molecule has 2 bridgehead atoms. The average Bonchev–Trinajstić information content (AvgIpc) is 3.57. The number of esters is 2. The summed E-state index contributed by atoms with van der Waals surface area (Å²) in [6, 6.07) is 15.5. The van der Waals surface area contributed by atoms with Crippen LogP contribution in [-0.4, -0.2) is 69.0 Å². The maximum absolute atomic E-state index is 15.3. The molecule has 0 unspecified atom stereocenters. The molecule has 1 aliphatic heterocycles. The van der Waals surface area contributed by atoms with Crippen molar-refractivity contribution < 1.29 is 46.4 Å². The summed E-state index contributed by atoms with van der Waals surface area (Å²) in [5.41, 5.74) is -2.69. The van der Waals surface area contributed by atoms with Crippen LogP contribution in [0.25, 0.3) is 0 Å². The Morgan fingerprint density at radius 1 is 1.02 bits per heavy atom. The summed E-state index contributed by atoms with van der Waals surface area (Å²) in [6.07, 6.45) is -0.0973. The van der Waals surface area contributed by atoms with Crippen molar-refractivity contribution in [1.29, 1.82) is 0 Å². The van der Waals surface area contributed by atoms with Gasteiger partial charge in [-0.3, -0.25) is 9.59 Å². The highest BCUT2D eigenvalue weighted by molar-refractivity contribution is 7.92. The monoisotopic (exact) mass is 684 g/mol. The van der Waals surface area contributed by atoms with Crippen LogP contribution < -0.4 is 4.74 Å². The molecule has 48 heavy (non-hydrogen) atoms. The Labute approximate surface area is 284 Å². The van der Waals surface area contributed by atoms with Crippen LogP contribution in [0, 0.1) is 16.7 Å². The van der Waals surface area contributed by atoms with Crippen LogP contribution in [0.5, 0.6) is 5.75 Å². The number of rotatable bonds is 13. The maximum Gasteiger partial charge on any atom is 0.303 e. The molecule has 7 atom stereocenters. The van der Waals surface area contributed by atoms with E-state index in [2.05, 4.69) is 6.58 Å². The first-order valence-corrected chi connectivity index (χ1v) is 17.9. The van der Waals surface area contributed by atoms with Gasteiger partial charge in [-0.2, -0.15) is 0 Å². The van der Waals surface area contributed by atoms with E-state index in [-0.39, 0.29) is 24.0 Å². The summed E-state index contributed by atoms with van der Waals surface area (Å²) in [4.78, 5) is 25.8. The third-order valence-corrected chi connectivity index (χ3v) is 13.1. The number of hydrogen-bond donors (Lipinski definition) is 0. The molecular weight excluding hydrogens is 636 g/mol. The minimum atomic E-state index is -4.35. The molecule has 0 N–H and O–H groups in total. The van der Waals surface area contributed by atoms with Crippen molar-refractivity contribution in [3.63, 3.8) is 0 Å². The first-order chi connectivity index (χ1) is 22.5. The second kappa shape index (κ2) is 13.2. The quantitative estimate of drug-likeness (QED) is 0.188. The Morgan fingerprint density at radius 2 is 1.69 bits per heavy atom. The molecule has 2 aliphatic carbocycles. The van der Waals surface area contributed by atoms with E-state index < -0.39 is 67.6 Å². The number of sulfone groups is 1. The molecule has 2 aromatic carbocycles. The summed E-state index contributed by atoms with van der Waals surface area (Å²) in [5.74, 6) is -1.68. The van der Waals surface area contributed by atoms with E-state index in [9.17, 15) is 9.59 Å². The fourth-order valence-electron chi connectivity index (χ4n) is 8.60. The van der Waals surface area contributed by atoms with Gasteiger partial charge in [-0.1, -0.05) is 50.3 Å². The molecule has 1 saturated heterocycles. The molecule has 5 rings (SSSR count). The van der Waals surface area contributed by atoms with Crippen molar-refractivity contribution >= 4 is 21.8 Å². The van der Waals surface area contributed by atoms with Crippen LogP contribution >= 0.6 is 0 Å². The summed E-state index contributed by atoms with van der Waals surface area (Å²) < 4.78 is 67.7. The van der Waals surface area contributed by atoms with Crippen LogP contribution in [0.3, 0.4) is 0 Å². The van der Waals surface area contributed by atoms with E-state index >= 15 is 8.42 Å². The van der Waals surface area contributed by atoms with Gasteiger partial charge in [0.25, 0.3) is 0 Å². The highest BCUT2D eigenvalue weighted by atomic mass is 32.2. The van der Waals surface area contributed by atoms with Crippen LogP contribution in [0.15, 0.2) is 72.1 Å². The van der Waals surface area contributed by atoms with Gasteiger partial charge in [0.15, 0.2) is 27.3 Å². The van der Waals surface area contributed by atoms with Crippen molar-refractivity contribution in [3.05, 3.63) is 72.8 Å². The number of ether oxygens (including phenoxy) is 6. The number of fused-ring (bicyclic) bond motifs is 2. The van der Waals surface area contributed by atoms with Crippen molar-refractivity contribution in [2.24, 2.45) is 16.7 Å². The summed E-state index contributed by atoms with van der Waals surface area (Å²) >= 11 is 0. The van der Waals surface area contributed by atoms with E-state index in [4.69, 9.17) is 28.4 Å². The van der Waals surface area contributed by atoms with E-state index in [0.29, 0.717) is 25.0 Å². The van der Waals surface area contributed by atoms with Crippen LogP contribution in [0.4, 0.5) is 0 Å². The number of benzene rings is 2. The normalized spacial score (nSPS) is 29.1. The zero-order valence-corrected chi connectivity index (χ0v) is 29.7. The maximum atomic E-state index is 15.3. The molecule has 11 heteroatoms. The lowest BCUT2D eigenvalue weighted by atomic mass is 9.63. The highest BCUT2D eigenvalue weighted by Crippen LogP contribution is 2.70. The lowest BCUT2D eigenvalue weighted by molar-refractivity contribution is -0.230. The van der Waals surface area contributed by atoms with E-state index in [1.165, 1.54) is 32.1 Å². The molecule has 0 spiro atoms. The lowest BCUT2D eigenvalue weighted by Crippen LogP contribution is -2.68. The Kier molecular flexibility index (Phi) is 9.93. The SMILES string of the molecule is C=C[C@@H](OCc1ccc(OC)cc1)[C@]1([C@@H](OC(C)=O)[C@H]([C@@]23CC[C@@H](C[C@H]2OC(C)=O)C3(C)C)S(=O)(=O)c2ccccc2)COC(C)(C)O1. The van der Waals surface area contributed by atoms with Crippen molar-refractivity contribution in [2.45, 2.75) is 107 Å². The van der Waals surface area contributed by atoms with Crippen molar-refractivity contribution in [2.75, 3.05) is 13.7 Å².